The first-order valence-corrected chi connectivity index (χ1v) is 8.06. The van der Waals surface area contributed by atoms with Gasteiger partial charge in [0.25, 0.3) is 5.91 Å². The van der Waals surface area contributed by atoms with Crippen LogP contribution in [0.2, 0.25) is 15.1 Å². The Balaban J connectivity index is 1.67. The zero-order valence-electron chi connectivity index (χ0n) is 12.2. The van der Waals surface area contributed by atoms with Gasteiger partial charge in [0.2, 0.25) is 0 Å². The van der Waals surface area contributed by atoms with E-state index in [1.165, 1.54) is 6.20 Å². The minimum Gasteiger partial charge on any atom is -0.347 e. The number of hydrogen-bond acceptors (Lipinski definition) is 3. The molecule has 0 atom stereocenters. The first kappa shape index (κ1) is 16.8. The molecule has 0 bridgehead atoms. The van der Waals surface area contributed by atoms with Gasteiger partial charge in [0.05, 0.1) is 20.8 Å². The number of nitrogens with zero attached hydrogens (tertiary/aromatic N) is 3. The molecule has 1 amide bonds. The summed E-state index contributed by atoms with van der Waals surface area (Å²) in [6.07, 6.45) is 4.86. The lowest BCUT2D eigenvalue weighted by Crippen LogP contribution is -2.24. The highest BCUT2D eigenvalue weighted by Crippen LogP contribution is 2.30. The van der Waals surface area contributed by atoms with Crippen molar-refractivity contribution in [2.45, 2.75) is 6.54 Å². The molecule has 3 aromatic rings. The van der Waals surface area contributed by atoms with E-state index < -0.39 is 5.91 Å². The number of halogens is 3. The van der Waals surface area contributed by atoms with Crippen LogP contribution in [-0.2, 0) is 6.54 Å². The van der Waals surface area contributed by atoms with E-state index in [-0.39, 0.29) is 20.8 Å². The van der Waals surface area contributed by atoms with Crippen molar-refractivity contribution in [3.05, 3.63) is 75.2 Å². The van der Waals surface area contributed by atoms with Gasteiger partial charge < -0.3 is 5.32 Å². The lowest BCUT2D eigenvalue weighted by Gasteiger charge is -2.08. The van der Waals surface area contributed by atoms with Crippen LogP contribution in [0.4, 0.5) is 0 Å². The number of pyridine rings is 1. The number of aromatic nitrogens is 3. The molecular formula is C16H11Cl3N4O. The summed E-state index contributed by atoms with van der Waals surface area (Å²) in [4.78, 5) is 16.1. The third-order valence-electron chi connectivity index (χ3n) is 3.29. The molecule has 3 rings (SSSR count). The Kier molecular flexibility index (Phi) is 5.04. The van der Waals surface area contributed by atoms with Crippen molar-refractivity contribution in [2.75, 3.05) is 0 Å². The first-order chi connectivity index (χ1) is 11.6. The molecule has 122 valence electrons. The standard InChI is InChI=1S/C16H11Cl3N4O/c17-12-9-20-15(14(19)13(12)18)16(24)21-8-10-2-4-11(5-3-10)23-7-1-6-22-23/h1-7,9H,8H2,(H,21,24). The summed E-state index contributed by atoms with van der Waals surface area (Å²) >= 11 is 17.7. The molecule has 5 nitrogen and oxygen atoms in total. The summed E-state index contributed by atoms with van der Waals surface area (Å²) < 4.78 is 1.75. The van der Waals surface area contributed by atoms with Gasteiger partial charge in [0, 0.05) is 25.1 Å². The summed E-state index contributed by atoms with van der Waals surface area (Å²) in [6, 6.07) is 9.49. The van der Waals surface area contributed by atoms with E-state index >= 15 is 0 Å². The molecule has 1 aromatic carbocycles. The Hall–Kier alpha value is -2.08. The van der Waals surface area contributed by atoms with Crippen molar-refractivity contribution in [2.24, 2.45) is 0 Å². The van der Waals surface area contributed by atoms with Crippen LogP contribution in [0.5, 0.6) is 0 Å². The predicted octanol–water partition coefficient (Wildman–Crippen LogP) is 4.16. The molecule has 2 heterocycles. The van der Waals surface area contributed by atoms with Crippen molar-refractivity contribution >= 4 is 40.7 Å². The summed E-state index contributed by atoms with van der Waals surface area (Å²) in [5.41, 5.74) is 1.90. The molecule has 2 aromatic heterocycles. The number of carbonyl (C=O) groups excluding carboxylic acids is 1. The third kappa shape index (κ3) is 3.53. The molecule has 0 aliphatic heterocycles. The second kappa shape index (κ2) is 7.21. The fourth-order valence-corrected chi connectivity index (χ4v) is 2.62. The summed E-state index contributed by atoms with van der Waals surface area (Å²) in [5, 5.41) is 7.25. The van der Waals surface area contributed by atoms with Gasteiger partial charge >= 0.3 is 0 Å². The molecule has 0 spiro atoms. The SMILES string of the molecule is O=C(NCc1ccc(-n2cccn2)cc1)c1ncc(Cl)c(Cl)c1Cl. The third-order valence-corrected chi connectivity index (χ3v) is 4.53. The molecule has 0 radical (unpaired) electrons. The molecule has 0 aliphatic carbocycles. The Morgan fingerprint density at radius 1 is 1.12 bits per heavy atom. The largest absolute Gasteiger partial charge is 0.347 e. The molecule has 1 N–H and O–H groups in total. The van der Waals surface area contributed by atoms with Crippen molar-refractivity contribution in [1.29, 1.82) is 0 Å². The number of hydrogen-bond donors (Lipinski definition) is 1. The smallest absolute Gasteiger partial charge is 0.271 e. The maximum Gasteiger partial charge on any atom is 0.271 e. The van der Waals surface area contributed by atoms with Gasteiger partial charge in [-0.1, -0.05) is 46.9 Å². The normalized spacial score (nSPS) is 10.6. The number of rotatable bonds is 4. The summed E-state index contributed by atoms with van der Waals surface area (Å²) in [6.45, 7) is 0.330. The second-order valence-corrected chi connectivity index (χ2v) is 6.05. The lowest BCUT2D eigenvalue weighted by molar-refractivity contribution is 0.0946. The van der Waals surface area contributed by atoms with E-state index in [1.54, 1.807) is 10.9 Å². The fourth-order valence-electron chi connectivity index (χ4n) is 2.06. The van der Waals surface area contributed by atoms with Crippen LogP contribution < -0.4 is 5.32 Å². The molecule has 0 unspecified atom stereocenters. The van der Waals surface area contributed by atoms with Crippen molar-refractivity contribution in [3.63, 3.8) is 0 Å². The average Bonchev–Trinajstić information content (AvgIpc) is 3.13. The minimum atomic E-state index is -0.422. The van der Waals surface area contributed by atoms with Crippen LogP contribution in [0.25, 0.3) is 5.69 Å². The van der Waals surface area contributed by atoms with E-state index in [9.17, 15) is 4.79 Å². The van der Waals surface area contributed by atoms with E-state index in [4.69, 9.17) is 34.8 Å². The fraction of sp³-hybridized carbons (Fsp3) is 0.0625. The van der Waals surface area contributed by atoms with Crippen LogP contribution in [0.1, 0.15) is 16.1 Å². The highest BCUT2D eigenvalue weighted by Gasteiger charge is 2.16. The lowest BCUT2D eigenvalue weighted by atomic mass is 10.2. The van der Waals surface area contributed by atoms with E-state index in [2.05, 4.69) is 15.4 Å². The van der Waals surface area contributed by atoms with Gasteiger partial charge in [0.15, 0.2) is 0 Å². The number of nitrogens with one attached hydrogen (secondary N) is 1. The Bertz CT molecular complexity index is 864. The minimum absolute atomic E-state index is 0.0377. The van der Waals surface area contributed by atoms with Crippen molar-refractivity contribution in [3.8, 4) is 5.69 Å². The zero-order chi connectivity index (χ0) is 17.1. The Morgan fingerprint density at radius 3 is 2.54 bits per heavy atom. The van der Waals surface area contributed by atoms with Crippen LogP contribution >= 0.6 is 34.8 Å². The Labute approximate surface area is 153 Å². The van der Waals surface area contributed by atoms with Crippen LogP contribution in [0.15, 0.2) is 48.9 Å². The number of carbonyl (C=O) groups is 1. The van der Waals surface area contributed by atoms with Crippen molar-refractivity contribution < 1.29 is 4.79 Å². The van der Waals surface area contributed by atoms with Gasteiger partial charge in [-0.05, 0) is 23.8 Å². The first-order valence-electron chi connectivity index (χ1n) is 6.93. The van der Waals surface area contributed by atoms with Crippen LogP contribution in [-0.4, -0.2) is 20.7 Å². The maximum absolute atomic E-state index is 12.2. The average molecular weight is 382 g/mol. The quantitative estimate of drug-likeness (QED) is 0.738. The molecule has 8 heteroatoms. The highest BCUT2D eigenvalue weighted by molar-refractivity contribution is 6.48. The number of benzene rings is 1. The van der Waals surface area contributed by atoms with Crippen molar-refractivity contribution in [1.82, 2.24) is 20.1 Å². The van der Waals surface area contributed by atoms with Gasteiger partial charge in [-0.3, -0.25) is 4.79 Å². The van der Waals surface area contributed by atoms with E-state index in [0.717, 1.165) is 11.3 Å². The van der Waals surface area contributed by atoms with Gasteiger partial charge in [0.1, 0.15) is 5.69 Å². The molecule has 0 fully saturated rings. The second-order valence-electron chi connectivity index (χ2n) is 4.88. The molecule has 0 aliphatic rings. The van der Waals surface area contributed by atoms with E-state index in [1.807, 2.05) is 36.5 Å². The predicted molar refractivity (Wildman–Crippen MR) is 94.0 cm³/mol. The Morgan fingerprint density at radius 2 is 1.88 bits per heavy atom. The van der Waals surface area contributed by atoms with Gasteiger partial charge in [-0.15, -0.1) is 0 Å². The maximum atomic E-state index is 12.2. The monoisotopic (exact) mass is 380 g/mol. The van der Waals surface area contributed by atoms with Gasteiger partial charge in [-0.25, -0.2) is 9.67 Å². The molecule has 0 saturated carbocycles. The van der Waals surface area contributed by atoms with Gasteiger partial charge in [-0.2, -0.15) is 5.10 Å². The molecular weight excluding hydrogens is 371 g/mol. The van der Waals surface area contributed by atoms with E-state index in [0.29, 0.717) is 6.54 Å². The topological polar surface area (TPSA) is 59.8 Å². The molecule has 0 saturated heterocycles. The summed E-state index contributed by atoms with van der Waals surface area (Å²) in [5.74, 6) is -0.422. The van der Waals surface area contributed by atoms with Crippen LogP contribution in [0, 0.1) is 0 Å². The summed E-state index contributed by atoms with van der Waals surface area (Å²) in [7, 11) is 0. The highest BCUT2D eigenvalue weighted by atomic mass is 35.5. The van der Waals surface area contributed by atoms with Crippen LogP contribution in [0.3, 0.4) is 0 Å². The zero-order valence-corrected chi connectivity index (χ0v) is 14.5. The number of amides is 1. The molecule has 24 heavy (non-hydrogen) atoms.